The summed E-state index contributed by atoms with van der Waals surface area (Å²) in [4.78, 5) is 24.3. The molecular formula is C22H26N2O3. The van der Waals surface area contributed by atoms with Crippen LogP contribution in [0.1, 0.15) is 37.7 Å². The number of nitrogens with one attached hydrogen (secondary N) is 2. The van der Waals surface area contributed by atoms with Crippen LogP contribution in [-0.2, 0) is 16.0 Å². The lowest BCUT2D eigenvalue weighted by Crippen LogP contribution is -2.41. The Hall–Kier alpha value is -2.82. The van der Waals surface area contributed by atoms with Gasteiger partial charge in [-0.2, -0.15) is 0 Å². The van der Waals surface area contributed by atoms with Crippen LogP contribution in [-0.4, -0.2) is 24.1 Å². The molecule has 0 unspecified atom stereocenters. The number of hydrogen-bond acceptors (Lipinski definition) is 3. The van der Waals surface area contributed by atoms with Gasteiger partial charge in [0.25, 0.3) is 0 Å². The molecule has 2 amide bonds. The summed E-state index contributed by atoms with van der Waals surface area (Å²) in [5.74, 6) is 0.0539. The van der Waals surface area contributed by atoms with Crippen molar-refractivity contribution < 1.29 is 14.3 Å². The summed E-state index contributed by atoms with van der Waals surface area (Å²) in [5.41, 5.74) is 1.87. The van der Waals surface area contributed by atoms with Gasteiger partial charge in [-0.3, -0.25) is 10.1 Å². The highest BCUT2D eigenvalue weighted by Gasteiger charge is 2.26. The standard InChI is InChI=1S/C22H26N2O3/c25-21(15-14-17-8-3-1-4-9-17)23-19-12-7-13-20(16-19)27-22(26)24-18-10-5-2-6-11-18/h1-6,8-11,19-20H,7,12-16H2,(H,23,25)(H,24,26)/t19-,20+/m1/s1. The number of para-hydroxylation sites is 1. The summed E-state index contributed by atoms with van der Waals surface area (Å²) < 4.78 is 5.54. The van der Waals surface area contributed by atoms with E-state index in [1.165, 1.54) is 0 Å². The molecule has 0 radical (unpaired) electrons. The first-order chi connectivity index (χ1) is 13.2. The fraction of sp³-hybridized carbons (Fsp3) is 0.364. The third-order valence-corrected chi connectivity index (χ3v) is 4.77. The zero-order valence-corrected chi connectivity index (χ0v) is 15.4. The predicted molar refractivity (Wildman–Crippen MR) is 105 cm³/mol. The molecule has 3 rings (SSSR count). The fourth-order valence-corrected chi connectivity index (χ4v) is 3.41. The Kier molecular flexibility index (Phi) is 6.85. The van der Waals surface area contributed by atoms with Crippen LogP contribution in [0.5, 0.6) is 0 Å². The highest BCUT2D eigenvalue weighted by atomic mass is 16.6. The van der Waals surface area contributed by atoms with Gasteiger partial charge in [0.05, 0.1) is 0 Å². The van der Waals surface area contributed by atoms with E-state index in [0.717, 1.165) is 31.2 Å². The normalized spacial score (nSPS) is 19.1. The molecular weight excluding hydrogens is 340 g/mol. The Bertz CT molecular complexity index is 734. The number of amides is 2. The van der Waals surface area contributed by atoms with Crippen molar-refractivity contribution in [3.05, 3.63) is 66.2 Å². The van der Waals surface area contributed by atoms with E-state index in [4.69, 9.17) is 4.74 Å². The van der Waals surface area contributed by atoms with E-state index in [1.54, 1.807) is 0 Å². The summed E-state index contributed by atoms with van der Waals surface area (Å²) in [6.45, 7) is 0. The maximum atomic E-state index is 12.2. The molecule has 0 aliphatic heterocycles. The number of rotatable bonds is 6. The summed E-state index contributed by atoms with van der Waals surface area (Å²) in [6, 6.07) is 19.3. The number of carbonyl (C=O) groups excluding carboxylic acids is 2. The van der Waals surface area contributed by atoms with E-state index in [1.807, 2.05) is 60.7 Å². The highest BCUT2D eigenvalue weighted by molar-refractivity contribution is 5.84. The van der Waals surface area contributed by atoms with Crippen LogP contribution in [0.15, 0.2) is 60.7 Å². The third-order valence-electron chi connectivity index (χ3n) is 4.77. The SMILES string of the molecule is O=C(CCc1ccccc1)N[C@@H]1CCC[C@H](OC(=O)Nc2ccccc2)C1. The van der Waals surface area contributed by atoms with Crippen LogP contribution < -0.4 is 10.6 Å². The molecule has 0 aromatic heterocycles. The molecule has 1 fully saturated rings. The van der Waals surface area contributed by atoms with Crippen LogP contribution in [0.4, 0.5) is 10.5 Å². The molecule has 2 aromatic carbocycles. The van der Waals surface area contributed by atoms with Crippen molar-refractivity contribution >= 4 is 17.7 Å². The second-order valence-electron chi connectivity index (χ2n) is 6.93. The summed E-state index contributed by atoms with van der Waals surface area (Å²) in [7, 11) is 0. The Labute approximate surface area is 160 Å². The average molecular weight is 366 g/mol. The van der Waals surface area contributed by atoms with E-state index < -0.39 is 6.09 Å². The lowest BCUT2D eigenvalue weighted by Gasteiger charge is -2.29. The van der Waals surface area contributed by atoms with E-state index in [9.17, 15) is 9.59 Å². The second-order valence-corrected chi connectivity index (χ2v) is 6.93. The molecule has 5 nitrogen and oxygen atoms in total. The Morgan fingerprint density at radius 2 is 1.67 bits per heavy atom. The van der Waals surface area contributed by atoms with Crippen molar-refractivity contribution in [1.29, 1.82) is 0 Å². The van der Waals surface area contributed by atoms with Gasteiger partial charge in [0.1, 0.15) is 6.10 Å². The monoisotopic (exact) mass is 366 g/mol. The molecule has 142 valence electrons. The van der Waals surface area contributed by atoms with Gasteiger partial charge in [0.2, 0.25) is 5.91 Å². The molecule has 0 heterocycles. The summed E-state index contributed by atoms with van der Waals surface area (Å²) in [6.07, 6.45) is 3.96. The van der Waals surface area contributed by atoms with Gasteiger partial charge in [-0.15, -0.1) is 0 Å². The van der Waals surface area contributed by atoms with Crippen molar-refractivity contribution in [2.24, 2.45) is 0 Å². The number of aryl methyl sites for hydroxylation is 1. The predicted octanol–water partition coefficient (Wildman–Crippen LogP) is 4.30. The fourth-order valence-electron chi connectivity index (χ4n) is 3.41. The molecule has 2 N–H and O–H groups in total. The molecule has 0 saturated heterocycles. The van der Waals surface area contributed by atoms with E-state index in [0.29, 0.717) is 18.5 Å². The minimum atomic E-state index is -0.442. The minimum Gasteiger partial charge on any atom is -0.446 e. The van der Waals surface area contributed by atoms with Gasteiger partial charge in [-0.05, 0) is 43.4 Å². The van der Waals surface area contributed by atoms with Gasteiger partial charge in [0.15, 0.2) is 0 Å². The molecule has 1 aliphatic rings. The molecule has 0 bridgehead atoms. The Morgan fingerprint density at radius 3 is 2.41 bits per heavy atom. The van der Waals surface area contributed by atoms with Gasteiger partial charge in [0, 0.05) is 24.6 Å². The minimum absolute atomic E-state index is 0.0539. The maximum absolute atomic E-state index is 12.2. The van der Waals surface area contributed by atoms with Gasteiger partial charge >= 0.3 is 6.09 Å². The van der Waals surface area contributed by atoms with Gasteiger partial charge in [-0.1, -0.05) is 48.5 Å². The second kappa shape index (κ2) is 9.76. The molecule has 0 spiro atoms. The summed E-state index contributed by atoms with van der Waals surface area (Å²) in [5, 5.41) is 5.83. The molecule has 2 aromatic rings. The number of carbonyl (C=O) groups is 2. The molecule has 2 atom stereocenters. The maximum Gasteiger partial charge on any atom is 0.411 e. The average Bonchev–Trinajstić information content (AvgIpc) is 2.68. The topological polar surface area (TPSA) is 67.4 Å². The molecule has 1 saturated carbocycles. The van der Waals surface area contributed by atoms with E-state index >= 15 is 0 Å². The quantitative estimate of drug-likeness (QED) is 0.801. The molecule has 5 heteroatoms. The van der Waals surface area contributed by atoms with Crippen LogP contribution in [0, 0.1) is 0 Å². The zero-order valence-electron chi connectivity index (χ0n) is 15.4. The van der Waals surface area contributed by atoms with Crippen LogP contribution >= 0.6 is 0 Å². The van der Waals surface area contributed by atoms with Crippen molar-refractivity contribution in [2.75, 3.05) is 5.32 Å². The van der Waals surface area contributed by atoms with Gasteiger partial charge < -0.3 is 10.1 Å². The van der Waals surface area contributed by atoms with E-state index in [2.05, 4.69) is 10.6 Å². The Morgan fingerprint density at radius 1 is 0.963 bits per heavy atom. The lowest BCUT2D eigenvalue weighted by atomic mass is 9.92. The van der Waals surface area contributed by atoms with Gasteiger partial charge in [-0.25, -0.2) is 4.79 Å². The molecule has 27 heavy (non-hydrogen) atoms. The number of ether oxygens (including phenoxy) is 1. The smallest absolute Gasteiger partial charge is 0.411 e. The summed E-state index contributed by atoms with van der Waals surface area (Å²) >= 11 is 0. The van der Waals surface area contributed by atoms with Crippen molar-refractivity contribution in [3.63, 3.8) is 0 Å². The van der Waals surface area contributed by atoms with Crippen molar-refractivity contribution in [3.8, 4) is 0 Å². The van der Waals surface area contributed by atoms with E-state index in [-0.39, 0.29) is 18.1 Å². The van der Waals surface area contributed by atoms with Crippen molar-refractivity contribution in [1.82, 2.24) is 5.32 Å². The van der Waals surface area contributed by atoms with Crippen LogP contribution in [0.3, 0.4) is 0 Å². The Balaban J connectivity index is 1.40. The number of hydrogen-bond donors (Lipinski definition) is 2. The zero-order chi connectivity index (χ0) is 18.9. The van der Waals surface area contributed by atoms with Crippen LogP contribution in [0.25, 0.3) is 0 Å². The highest BCUT2D eigenvalue weighted by Crippen LogP contribution is 2.22. The first kappa shape index (κ1) is 19.0. The third kappa shape index (κ3) is 6.44. The first-order valence-electron chi connectivity index (χ1n) is 9.55. The van der Waals surface area contributed by atoms with Crippen LogP contribution in [0.2, 0.25) is 0 Å². The number of benzene rings is 2. The number of anilines is 1. The largest absolute Gasteiger partial charge is 0.446 e. The first-order valence-corrected chi connectivity index (χ1v) is 9.55. The molecule has 1 aliphatic carbocycles. The van der Waals surface area contributed by atoms with Crippen molar-refractivity contribution in [2.45, 2.75) is 50.7 Å². The lowest BCUT2D eigenvalue weighted by molar-refractivity contribution is -0.122.